The minimum atomic E-state index is -0.643. The van der Waals surface area contributed by atoms with Gasteiger partial charge in [-0.2, -0.15) is 0 Å². The molecule has 2 amide bonds. The highest BCUT2D eigenvalue weighted by atomic mass is 16.5. The molecule has 1 aliphatic heterocycles. The van der Waals surface area contributed by atoms with Crippen LogP contribution in [0.1, 0.15) is 45.7 Å². The molecule has 0 bridgehead atoms. The lowest BCUT2D eigenvalue weighted by Gasteiger charge is -2.27. The number of carbonyl (C=O) groups is 3. The van der Waals surface area contributed by atoms with Crippen LogP contribution in [0.3, 0.4) is 0 Å². The number of carbonyl (C=O) groups excluding carboxylic acids is 3. The van der Waals surface area contributed by atoms with Crippen LogP contribution in [0.15, 0.2) is 42.5 Å². The molecule has 0 spiro atoms. The second kappa shape index (κ2) is 8.47. The summed E-state index contributed by atoms with van der Waals surface area (Å²) in [4.78, 5) is 39.4. The molecule has 29 heavy (non-hydrogen) atoms. The molecular weight excluding hydrogens is 368 g/mol. The summed E-state index contributed by atoms with van der Waals surface area (Å²) in [6.45, 7) is 6.30. The lowest BCUT2D eigenvalue weighted by atomic mass is 10.0. The van der Waals surface area contributed by atoms with Gasteiger partial charge in [-0.3, -0.25) is 9.59 Å². The molecule has 1 aliphatic rings. The van der Waals surface area contributed by atoms with E-state index in [1.54, 1.807) is 35.2 Å². The summed E-state index contributed by atoms with van der Waals surface area (Å²) in [6, 6.07) is 11.8. The highest BCUT2D eigenvalue weighted by Gasteiger charge is 2.33. The van der Waals surface area contributed by atoms with E-state index in [2.05, 4.69) is 5.32 Å². The lowest BCUT2D eigenvalue weighted by molar-refractivity contribution is -0.121. The molecule has 0 aromatic heterocycles. The van der Waals surface area contributed by atoms with E-state index in [0.29, 0.717) is 24.1 Å². The fourth-order valence-electron chi connectivity index (χ4n) is 3.49. The quantitative estimate of drug-likeness (QED) is 0.791. The number of fused-ring (bicyclic) bond motifs is 1. The molecule has 0 radical (unpaired) electrons. The van der Waals surface area contributed by atoms with E-state index in [4.69, 9.17) is 4.74 Å². The molecule has 2 aromatic rings. The number of rotatable bonds is 5. The van der Waals surface area contributed by atoms with Crippen molar-refractivity contribution >= 4 is 23.5 Å². The molecule has 1 N–H and O–H groups in total. The van der Waals surface area contributed by atoms with Crippen LogP contribution in [0.4, 0.5) is 5.69 Å². The van der Waals surface area contributed by atoms with Gasteiger partial charge in [-0.15, -0.1) is 0 Å². The minimum Gasteiger partial charge on any atom is -0.465 e. The van der Waals surface area contributed by atoms with Crippen molar-refractivity contribution in [2.45, 2.75) is 33.2 Å². The van der Waals surface area contributed by atoms with Crippen LogP contribution in [-0.4, -0.2) is 37.5 Å². The van der Waals surface area contributed by atoms with E-state index in [0.717, 1.165) is 16.8 Å². The number of benzene rings is 2. The first kappa shape index (κ1) is 20.6. The average Bonchev–Trinajstić information content (AvgIpc) is 3.14. The summed E-state index contributed by atoms with van der Waals surface area (Å²) >= 11 is 0. The van der Waals surface area contributed by atoms with Crippen molar-refractivity contribution in [3.8, 4) is 0 Å². The standard InChI is InChI=1S/C23H26N2O4/c1-14(2)20(24-21(26)16-7-5-15(3)6-8-16)22(27)25-12-11-17-13-18(23(28)29-4)9-10-19(17)25/h5-10,13-14,20H,11-12H2,1-4H3,(H,24,26)/t20-/m0/s1. The number of nitrogens with zero attached hydrogens (tertiary/aromatic N) is 1. The molecule has 0 saturated heterocycles. The predicted molar refractivity (Wildman–Crippen MR) is 111 cm³/mol. The summed E-state index contributed by atoms with van der Waals surface area (Å²) in [6.07, 6.45) is 0.655. The number of hydrogen-bond acceptors (Lipinski definition) is 4. The van der Waals surface area contributed by atoms with Crippen LogP contribution < -0.4 is 10.2 Å². The van der Waals surface area contributed by atoms with Crippen molar-refractivity contribution in [3.63, 3.8) is 0 Å². The summed E-state index contributed by atoms with van der Waals surface area (Å²) in [7, 11) is 1.34. The van der Waals surface area contributed by atoms with Gasteiger partial charge < -0.3 is 15.0 Å². The Morgan fingerprint density at radius 2 is 1.69 bits per heavy atom. The topological polar surface area (TPSA) is 75.7 Å². The Balaban J connectivity index is 1.80. The van der Waals surface area contributed by atoms with Gasteiger partial charge in [0.05, 0.1) is 12.7 Å². The van der Waals surface area contributed by atoms with E-state index < -0.39 is 12.0 Å². The molecule has 2 aromatic carbocycles. The fourth-order valence-corrected chi connectivity index (χ4v) is 3.49. The van der Waals surface area contributed by atoms with Gasteiger partial charge in [-0.05, 0) is 55.2 Å². The monoisotopic (exact) mass is 394 g/mol. The van der Waals surface area contributed by atoms with Crippen molar-refractivity contribution in [2.24, 2.45) is 5.92 Å². The van der Waals surface area contributed by atoms with Crippen LogP contribution in [0, 0.1) is 12.8 Å². The van der Waals surface area contributed by atoms with Crippen molar-refractivity contribution < 1.29 is 19.1 Å². The van der Waals surface area contributed by atoms with Gasteiger partial charge in [0.25, 0.3) is 5.91 Å². The number of esters is 1. The number of methoxy groups -OCH3 is 1. The van der Waals surface area contributed by atoms with Gasteiger partial charge in [0.15, 0.2) is 0 Å². The van der Waals surface area contributed by atoms with E-state index in [9.17, 15) is 14.4 Å². The van der Waals surface area contributed by atoms with Crippen LogP contribution >= 0.6 is 0 Å². The van der Waals surface area contributed by atoms with Crippen LogP contribution in [-0.2, 0) is 16.0 Å². The molecule has 1 atom stereocenters. The summed E-state index contributed by atoms with van der Waals surface area (Å²) in [5.74, 6) is -0.888. The highest BCUT2D eigenvalue weighted by Crippen LogP contribution is 2.30. The largest absolute Gasteiger partial charge is 0.465 e. The second-order valence-corrected chi connectivity index (χ2v) is 7.64. The summed E-state index contributed by atoms with van der Waals surface area (Å²) in [5, 5.41) is 2.89. The van der Waals surface area contributed by atoms with E-state index in [-0.39, 0.29) is 17.7 Å². The van der Waals surface area contributed by atoms with Gasteiger partial charge >= 0.3 is 5.97 Å². The SMILES string of the molecule is COC(=O)c1ccc2c(c1)CCN2C(=O)[C@@H](NC(=O)c1ccc(C)cc1)C(C)C. The Morgan fingerprint density at radius 3 is 2.31 bits per heavy atom. The molecule has 6 nitrogen and oxygen atoms in total. The van der Waals surface area contributed by atoms with Crippen molar-refractivity contribution in [1.29, 1.82) is 0 Å². The third-order valence-electron chi connectivity index (χ3n) is 5.20. The maximum absolute atomic E-state index is 13.3. The zero-order valence-electron chi connectivity index (χ0n) is 17.2. The number of amides is 2. The molecule has 0 fully saturated rings. The number of hydrogen-bond donors (Lipinski definition) is 1. The molecule has 0 saturated carbocycles. The van der Waals surface area contributed by atoms with Gasteiger partial charge in [0, 0.05) is 17.8 Å². The van der Waals surface area contributed by atoms with Gasteiger partial charge in [0.2, 0.25) is 5.91 Å². The molecule has 0 aliphatic carbocycles. The van der Waals surface area contributed by atoms with Crippen molar-refractivity contribution in [1.82, 2.24) is 5.32 Å². The number of nitrogens with one attached hydrogen (secondary N) is 1. The molecule has 0 unspecified atom stereocenters. The number of anilines is 1. The van der Waals surface area contributed by atoms with Gasteiger partial charge in [-0.25, -0.2) is 4.79 Å². The third kappa shape index (κ3) is 4.31. The van der Waals surface area contributed by atoms with Crippen molar-refractivity contribution in [2.75, 3.05) is 18.6 Å². The predicted octanol–water partition coefficient (Wildman–Crippen LogP) is 3.13. The Labute approximate surface area is 170 Å². The third-order valence-corrected chi connectivity index (χ3v) is 5.20. The Hall–Kier alpha value is -3.15. The van der Waals surface area contributed by atoms with E-state index in [1.165, 1.54) is 7.11 Å². The highest BCUT2D eigenvalue weighted by molar-refractivity contribution is 6.04. The average molecular weight is 394 g/mol. The zero-order valence-corrected chi connectivity index (χ0v) is 17.2. The van der Waals surface area contributed by atoms with Crippen molar-refractivity contribution in [3.05, 3.63) is 64.7 Å². The first-order valence-electron chi connectivity index (χ1n) is 9.72. The van der Waals surface area contributed by atoms with E-state index >= 15 is 0 Å². The number of aryl methyl sites for hydroxylation is 1. The second-order valence-electron chi connectivity index (χ2n) is 7.64. The Morgan fingerprint density at radius 1 is 1.03 bits per heavy atom. The lowest BCUT2D eigenvalue weighted by Crippen LogP contribution is -2.51. The maximum Gasteiger partial charge on any atom is 0.337 e. The summed E-state index contributed by atoms with van der Waals surface area (Å²) < 4.78 is 4.77. The summed E-state index contributed by atoms with van der Waals surface area (Å²) in [5.41, 5.74) is 3.76. The van der Waals surface area contributed by atoms with E-state index in [1.807, 2.05) is 32.9 Å². The van der Waals surface area contributed by atoms with Gasteiger partial charge in [-0.1, -0.05) is 31.5 Å². The fraction of sp³-hybridized carbons (Fsp3) is 0.348. The Kier molecular flexibility index (Phi) is 6.01. The first-order valence-corrected chi connectivity index (χ1v) is 9.72. The number of ether oxygens (including phenoxy) is 1. The smallest absolute Gasteiger partial charge is 0.337 e. The maximum atomic E-state index is 13.3. The molecule has 6 heteroatoms. The molecule has 152 valence electrons. The van der Waals surface area contributed by atoms with Crippen LogP contribution in [0.2, 0.25) is 0 Å². The zero-order chi connectivity index (χ0) is 21.1. The molecular formula is C23H26N2O4. The van der Waals surface area contributed by atoms with Crippen LogP contribution in [0.25, 0.3) is 0 Å². The normalized spacial score (nSPS) is 13.8. The van der Waals surface area contributed by atoms with Gasteiger partial charge in [0.1, 0.15) is 6.04 Å². The molecule has 1 heterocycles. The Bertz CT molecular complexity index is 934. The minimum absolute atomic E-state index is 0.0738. The first-order chi connectivity index (χ1) is 13.8. The molecule has 3 rings (SSSR count). The van der Waals surface area contributed by atoms with Crippen LogP contribution in [0.5, 0.6) is 0 Å².